The number of nitrogens with two attached hydrogens (primary N) is 1. The van der Waals surface area contributed by atoms with Gasteiger partial charge in [0.15, 0.2) is 0 Å². The van der Waals surface area contributed by atoms with E-state index >= 15 is 0 Å². The van der Waals surface area contributed by atoms with Gasteiger partial charge in [0.25, 0.3) is 0 Å². The molecule has 0 aliphatic carbocycles. The topological polar surface area (TPSA) is 55.1 Å². The average Bonchev–Trinajstić information content (AvgIpc) is 2.06. The number of primary amides is 1. The molecule has 0 fully saturated rings. The second-order valence-corrected chi connectivity index (χ2v) is 4.10. The molecule has 0 unspecified atom stereocenters. The molecular weight excluding hydrogens is 302 g/mol. The molecule has 3 N–H and O–H groups in total. The van der Waals surface area contributed by atoms with Crippen molar-refractivity contribution in [1.82, 2.24) is 0 Å². The van der Waals surface area contributed by atoms with Gasteiger partial charge in [0.2, 0.25) is 5.91 Å². The number of anilines is 1. The lowest BCUT2D eigenvalue weighted by Gasteiger charge is -2.06. The van der Waals surface area contributed by atoms with Gasteiger partial charge in [-0.2, -0.15) is 0 Å². The monoisotopic (exact) mass is 310 g/mol. The zero-order valence-electron chi connectivity index (χ0n) is 6.68. The second kappa shape index (κ2) is 4.66. The Hall–Kier alpha value is -0.490. The minimum atomic E-state index is -0.407. The average molecular weight is 311 g/mol. The largest absolute Gasteiger partial charge is 0.375 e. The van der Waals surface area contributed by atoms with Crippen LogP contribution >= 0.6 is 34.2 Å². The second-order valence-electron chi connectivity index (χ2n) is 2.44. The quantitative estimate of drug-likeness (QED) is 0.837. The van der Waals surface area contributed by atoms with Crippen LogP contribution in [0.5, 0.6) is 0 Å². The smallest absolute Gasteiger partial charge is 0.236 e. The van der Waals surface area contributed by atoms with Crippen LogP contribution in [0.15, 0.2) is 18.2 Å². The lowest BCUT2D eigenvalue weighted by Crippen LogP contribution is -2.21. The van der Waals surface area contributed by atoms with Crippen LogP contribution in [-0.4, -0.2) is 12.5 Å². The zero-order chi connectivity index (χ0) is 9.84. The van der Waals surface area contributed by atoms with Crippen LogP contribution in [0.2, 0.25) is 5.02 Å². The fraction of sp³-hybridized carbons (Fsp3) is 0.125. The van der Waals surface area contributed by atoms with Crippen LogP contribution in [-0.2, 0) is 4.79 Å². The molecule has 0 radical (unpaired) electrons. The molecule has 13 heavy (non-hydrogen) atoms. The Labute approximate surface area is 94.8 Å². The maximum atomic E-state index is 10.5. The Kier molecular flexibility index (Phi) is 3.80. The third-order valence-corrected chi connectivity index (χ3v) is 2.38. The van der Waals surface area contributed by atoms with Gasteiger partial charge in [0.05, 0.1) is 17.3 Å². The van der Waals surface area contributed by atoms with Crippen LogP contribution in [0.4, 0.5) is 5.69 Å². The molecule has 1 aromatic carbocycles. The van der Waals surface area contributed by atoms with E-state index in [0.29, 0.717) is 5.02 Å². The lowest BCUT2D eigenvalue weighted by molar-refractivity contribution is -0.116. The van der Waals surface area contributed by atoms with Crippen LogP contribution in [0.25, 0.3) is 0 Å². The van der Waals surface area contributed by atoms with Crippen LogP contribution < -0.4 is 11.1 Å². The first-order valence-corrected chi connectivity index (χ1v) is 5.02. The van der Waals surface area contributed by atoms with Gasteiger partial charge in [-0.05, 0) is 40.8 Å². The highest BCUT2D eigenvalue weighted by Crippen LogP contribution is 2.23. The molecule has 0 aliphatic rings. The Morgan fingerprint density at radius 3 is 2.92 bits per heavy atom. The third kappa shape index (κ3) is 3.40. The lowest BCUT2D eigenvalue weighted by atomic mass is 10.3. The van der Waals surface area contributed by atoms with E-state index in [9.17, 15) is 4.79 Å². The maximum Gasteiger partial charge on any atom is 0.236 e. The molecule has 0 spiro atoms. The van der Waals surface area contributed by atoms with E-state index in [2.05, 4.69) is 27.9 Å². The summed E-state index contributed by atoms with van der Waals surface area (Å²) >= 11 is 8.03. The molecule has 0 aromatic heterocycles. The van der Waals surface area contributed by atoms with Crippen molar-refractivity contribution in [2.45, 2.75) is 0 Å². The summed E-state index contributed by atoms with van der Waals surface area (Å²) in [5, 5.41) is 3.43. The minimum Gasteiger partial charge on any atom is -0.375 e. The number of rotatable bonds is 3. The molecule has 5 heteroatoms. The molecule has 1 amide bonds. The summed E-state index contributed by atoms with van der Waals surface area (Å²) in [5.74, 6) is -0.407. The van der Waals surface area contributed by atoms with Crippen molar-refractivity contribution in [3.63, 3.8) is 0 Å². The molecule has 0 aliphatic heterocycles. The van der Waals surface area contributed by atoms with Gasteiger partial charge in [-0.1, -0.05) is 11.6 Å². The van der Waals surface area contributed by atoms with Crippen molar-refractivity contribution in [3.8, 4) is 0 Å². The highest BCUT2D eigenvalue weighted by Gasteiger charge is 2.01. The van der Waals surface area contributed by atoms with Gasteiger partial charge in [-0.3, -0.25) is 4.79 Å². The molecule has 1 rings (SSSR count). The van der Waals surface area contributed by atoms with Gasteiger partial charge in [0, 0.05) is 3.57 Å². The number of benzene rings is 1. The van der Waals surface area contributed by atoms with Crippen LogP contribution in [0.1, 0.15) is 0 Å². The van der Waals surface area contributed by atoms with E-state index in [1.165, 1.54) is 0 Å². The number of amides is 1. The predicted molar refractivity (Wildman–Crippen MR) is 61.9 cm³/mol. The standard InChI is InChI=1S/C8H8ClIN2O/c9-6-2-1-5(10)3-7(6)12-4-8(11)13/h1-3,12H,4H2,(H2,11,13). The minimum absolute atomic E-state index is 0.0970. The number of hydrogen-bond donors (Lipinski definition) is 2. The molecular formula is C8H8ClIN2O. The third-order valence-electron chi connectivity index (χ3n) is 1.38. The first-order valence-electron chi connectivity index (χ1n) is 3.57. The summed E-state index contributed by atoms with van der Waals surface area (Å²) in [6.45, 7) is 0.0970. The highest BCUT2D eigenvalue weighted by atomic mass is 127. The molecule has 0 saturated carbocycles. The van der Waals surface area contributed by atoms with E-state index in [0.717, 1.165) is 9.26 Å². The van der Waals surface area contributed by atoms with Crippen LogP contribution in [0.3, 0.4) is 0 Å². The number of carbonyl (C=O) groups is 1. The van der Waals surface area contributed by atoms with Crippen molar-refractivity contribution in [1.29, 1.82) is 0 Å². The molecule has 3 nitrogen and oxygen atoms in total. The number of carbonyl (C=O) groups excluding carboxylic acids is 1. The van der Waals surface area contributed by atoms with Crippen molar-refractivity contribution in [3.05, 3.63) is 26.8 Å². The number of hydrogen-bond acceptors (Lipinski definition) is 2. The summed E-state index contributed by atoms with van der Waals surface area (Å²) in [5.41, 5.74) is 5.71. The van der Waals surface area contributed by atoms with Gasteiger partial charge in [-0.15, -0.1) is 0 Å². The molecule has 0 bridgehead atoms. The molecule has 0 saturated heterocycles. The van der Waals surface area contributed by atoms with Crippen molar-refractivity contribution >= 4 is 45.8 Å². The maximum absolute atomic E-state index is 10.5. The van der Waals surface area contributed by atoms with Crippen LogP contribution in [0, 0.1) is 3.57 Å². The van der Waals surface area contributed by atoms with E-state index in [4.69, 9.17) is 17.3 Å². The normalized spacial score (nSPS) is 9.69. The molecule has 70 valence electrons. The summed E-state index contributed by atoms with van der Waals surface area (Å²) in [7, 11) is 0. The molecule has 0 heterocycles. The zero-order valence-corrected chi connectivity index (χ0v) is 9.59. The van der Waals surface area contributed by atoms with Crippen molar-refractivity contribution in [2.75, 3.05) is 11.9 Å². The Morgan fingerprint density at radius 1 is 1.62 bits per heavy atom. The fourth-order valence-corrected chi connectivity index (χ4v) is 1.49. The number of halogens is 2. The highest BCUT2D eigenvalue weighted by molar-refractivity contribution is 14.1. The van der Waals surface area contributed by atoms with Gasteiger partial charge in [0.1, 0.15) is 0 Å². The van der Waals surface area contributed by atoms with Crippen molar-refractivity contribution < 1.29 is 4.79 Å². The van der Waals surface area contributed by atoms with Gasteiger partial charge >= 0.3 is 0 Å². The van der Waals surface area contributed by atoms with Gasteiger partial charge < -0.3 is 11.1 Å². The predicted octanol–water partition coefficient (Wildman–Crippen LogP) is 1.84. The summed E-state index contributed by atoms with van der Waals surface area (Å²) in [6, 6.07) is 5.51. The number of nitrogens with one attached hydrogen (secondary N) is 1. The first-order chi connectivity index (χ1) is 6.09. The Morgan fingerprint density at radius 2 is 2.31 bits per heavy atom. The SMILES string of the molecule is NC(=O)CNc1cc(I)ccc1Cl. The van der Waals surface area contributed by atoms with E-state index < -0.39 is 5.91 Å². The molecule has 0 atom stereocenters. The van der Waals surface area contributed by atoms with Gasteiger partial charge in [-0.25, -0.2) is 0 Å². The van der Waals surface area contributed by atoms with E-state index in [1.54, 1.807) is 6.07 Å². The van der Waals surface area contributed by atoms with E-state index in [-0.39, 0.29) is 6.54 Å². The molecule has 1 aromatic rings. The summed E-state index contributed by atoms with van der Waals surface area (Å²) < 4.78 is 1.05. The van der Waals surface area contributed by atoms with E-state index in [1.807, 2.05) is 12.1 Å². The Balaban J connectivity index is 2.75. The first kappa shape index (κ1) is 10.6. The van der Waals surface area contributed by atoms with Crippen molar-refractivity contribution in [2.24, 2.45) is 5.73 Å². The Bertz CT molecular complexity index is 330. The fourth-order valence-electron chi connectivity index (χ4n) is 0.815. The summed E-state index contributed by atoms with van der Waals surface area (Å²) in [4.78, 5) is 10.5. The summed E-state index contributed by atoms with van der Waals surface area (Å²) in [6.07, 6.45) is 0.